The van der Waals surface area contributed by atoms with Crippen molar-refractivity contribution in [3.63, 3.8) is 0 Å². The van der Waals surface area contributed by atoms with Crippen LogP contribution >= 0.6 is 0 Å². The Bertz CT molecular complexity index is 1290. The lowest BCUT2D eigenvalue weighted by atomic mass is 9.78. The van der Waals surface area contributed by atoms with Crippen LogP contribution in [-0.2, 0) is 0 Å². The van der Waals surface area contributed by atoms with Crippen molar-refractivity contribution in [2.24, 2.45) is 10.4 Å². The van der Waals surface area contributed by atoms with Gasteiger partial charge in [0.15, 0.2) is 0 Å². The summed E-state index contributed by atoms with van der Waals surface area (Å²) in [7, 11) is 5.73. The summed E-state index contributed by atoms with van der Waals surface area (Å²) in [6, 6.07) is 6.60. The van der Waals surface area contributed by atoms with Crippen LogP contribution in [-0.4, -0.2) is 80.0 Å². The predicted octanol–water partition coefficient (Wildman–Crippen LogP) is 3.49. The van der Waals surface area contributed by atoms with Gasteiger partial charge in [0, 0.05) is 64.6 Å². The molecule has 1 aromatic heterocycles. The molecule has 37 heavy (non-hydrogen) atoms. The standard InChI is InChI=1S/C28H33FN8/c1-31-19-36(3)25-7-6-22(17-35(25)2)23-16-33-27(37-12-9-28(10-13-37)8-11-32-18-28)34-26(23)20-4-5-21(15-30)24(29)14-20/h4-7,14,16,19,32H,8-13,17-18H2,1-3H3/b31-19-. The largest absolute Gasteiger partial charge is 0.357 e. The Morgan fingerprint density at radius 3 is 2.70 bits per heavy atom. The van der Waals surface area contributed by atoms with Gasteiger partial charge in [-0.05, 0) is 55.0 Å². The molecule has 0 radical (unpaired) electrons. The number of hydrogen-bond acceptors (Lipinski definition) is 7. The lowest BCUT2D eigenvalue weighted by molar-refractivity contribution is 0.246. The van der Waals surface area contributed by atoms with Gasteiger partial charge in [0.05, 0.1) is 17.6 Å². The maximum Gasteiger partial charge on any atom is 0.225 e. The molecule has 9 heteroatoms. The lowest BCUT2D eigenvalue weighted by Gasteiger charge is -2.39. The molecule has 4 heterocycles. The zero-order valence-corrected chi connectivity index (χ0v) is 21.7. The van der Waals surface area contributed by atoms with Gasteiger partial charge >= 0.3 is 0 Å². The van der Waals surface area contributed by atoms with Crippen LogP contribution in [0.2, 0.25) is 0 Å². The number of halogens is 1. The fraction of sp³-hybridized carbons (Fsp3) is 0.429. The van der Waals surface area contributed by atoms with Crippen molar-refractivity contribution in [2.75, 3.05) is 58.8 Å². The molecule has 5 rings (SSSR count). The average Bonchev–Trinajstić information content (AvgIpc) is 3.36. The van der Waals surface area contributed by atoms with Gasteiger partial charge < -0.3 is 20.0 Å². The van der Waals surface area contributed by atoms with Crippen molar-refractivity contribution in [3.8, 4) is 17.3 Å². The smallest absolute Gasteiger partial charge is 0.225 e. The van der Waals surface area contributed by atoms with E-state index in [1.807, 2.05) is 37.3 Å². The van der Waals surface area contributed by atoms with Gasteiger partial charge in [-0.25, -0.2) is 14.4 Å². The quantitative estimate of drug-likeness (QED) is 0.497. The summed E-state index contributed by atoms with van der Waals surface area (Å²) in [6.07, 6.45) is 11.2. The fourth-order valence-corrected chi connectivity index (χ4v) is 5.62. The summed E-state index contributed by atoms with van der Waals surface area (Å²) in [4.78, 5) is 20.2. The first kappa shape index (κ1) is 24.9. The number of rotatable bonds is 5. The zero-order valence-electron chi connectivity index (χ0n) is 21.7. The SMILES string of the molecule is C/N=C\N(C)C1=CC=C(c2cnc(N3CCC4(CCNC4)CC3)nc2-c2ccc(C#N)c(F)c2)CN1C. The summed E-state index contributed by atoms with van der Waals surface area (Å²) in [5.41, 5.74) is 3.63. The number of nitrogens with one attached hydrogen (secondary N) is 1. The first-order valence-electron chi connectivity index (χ1n) is 12.7. The number of allylic oxidation sites excluding steroid dienone is 2. The minimum absolute atomic E-state index is 0.0240. The number of anilines is 1. The number of hydrogen-bond donors (Lipinski definition) is 1. The van der Waals surface area contributed by atoms with E-state index in [0.717, 1.165) is 56.0 Å². The summed E-state index contributed by atoms with van der Waals surface area (Å²) < 4.78 is 14.7. The maximum atomic E-state index is 14.7. The Balaban J connectivity index is 1.52. The number of aromatic nitrogens is 2. The molecule has 0 bridgehead atoms. The number of aliphatic imine (C=N–C) groups is 1. The molecule has 2 fully saturated rings. The van der Waals surface area contributed by atoms with E-state index in [1.165, 1.54) is 18.6 Å². The number of nitrogens with zero attached hydrogens (tertiary/aromatic N) is 7. The van der Waals surface area contributed by atoms with Gasteiger partial charge in [-0.3, -0.25) is 4.99 Å². The third-order valence-electron chi connectivity index (χ3n) is 7.81. The van der Waals surface area contributed by atoms with E-state index in [2.05, 4.69) is 26.2 Å². The Morgan fingerprint density at radius 1 is 1.24 bits per heavy atom. The van der Waals surface area contributed by atoms with Gasteiger partial charge in [0.1, 0.15) is 17.7 Å². The van der Waals surface area contributed by atoms with E-state index < -0.39 is 5.82 Å². The van der Waals surface area contributed by atoms with Crippen LogP contribution in [0, 0.1) is 22.6 Å². The second-order valence-corrected chi connectivity index (χ2v) is 10.2. The van der Waals surface area contributed by atoms with E-state index in [-0.39, 0.29) is 5.56 Å². The molecule has 0 aliphatic carbocycles. The van der Waals surface area contributed by atoms with Crippen LogP contribution in [0.15, 0.2) is 47.4 Å². The highest BCUT2D eigenvalue weighted by Gasteiger charge is 2.37. The fourth-order valence-electron chi connectivity index (χ4n) is 5.62. The Hall–Kier alpha value is -3.77. The minimum Gasteiger partial charge on any atom is -0.357 e. The molecule has 3 aliphatic heterocycles. The number of piperidine rings is 1. The summed E-state index contributed by atoms with van der Waals surface area (Å²) >= 11 is 0. The normalized spacial score (nSPS) is 19.2. The van der Waals surface area contributed by atoms with Crippen LogP contribution in [0.3, 0.4) is 0 Å². The number of likely N-dealkylation sites (N-methyl/N-ethyl adjacent to an activating group) is 1. The van der Waals surface area contributed by atoms with Gasteiger partial charge in [0.25, 0.3) is 0 Å². The molecular formula is C28H33FN8. The van der Waals surface area contributed by atoms with Crippen molar-refractivity contribution in [2.45, 2.75) is 19.3 Å². The van der Waals surface area contributed by atoms with Gasteiger partial charge in [0.2, 0.25) is 5.95 Å². The predicted molar refractivity (Wildman–Crippen MR) is 144 cm³/mol. The van der Waals surface area contributed by atoms with Crippen LogP contribution in [0.4, 0.5) is 10.3 Å². The molecule has 2 aromatic rings. The molecule has 2 saturated heterocycles. The van der Waals surface area contributed by atoms with Crippen molar-refractivity contribution in [1.82, 2.24) is 25.1 Å². The average molecular weight is 501 g/mol. The topological polar surface area (TPSA) is 83.7 Å². The van der Waals surface area contributed by atoms with Gasteiger partial charge in [-0.15, -0.1) is 0 Å². The second kappa shape index (κ2) is 10.3. The Kier molecular flexibility index (Phi) is 6.94. The molecule has 0 saturated carbocycles. The van der Waals surface area contributed by atoms with Gasteiger partial charge in [-0.2, -0.15) is 5.26 Å². The van der Waals surface area contributed by atoms with Crippen LogP contribution in [0.5, 0.6) is 0 Å². The van der Waals surface area contributed by atoms with E-state index in [9.17, 15) is 9.65 Å². The van der Waals surface area contributed by atoms with E-state index in [4.69, 9.17) is 9.97 Å². The highest BCUT2D eigenvalue weighted by molar-refractivity contribution is 5.81. The van der Waals surface area contributed by atoms with Crippen molar-refractivity contribution in [3.05, 3.63) is 59.3 Å². The first-order chi connectivity index (χ1) is 17.9. The van der Waals surface area contributed by atoms with Gasteiger partial charge in [-0.1, -0.05) is 12.1 Å². The molecule has 0 unspecified atom stereocenters. The third kappa shape index (κ3) is 4.94. The third-order valence-corrected chi connectivity index (χ3v) is 7.81. The Labute approximate surface area is 217 Å². The van der Waals surface area contributed by atoms with Crippen molar-refractivity contribution in [1.29, 1.82) is 5.26 Å². The van der Waals surface area contributed by atoms with Crippen LogP contribution < -0.4 is 10.2 Å². The van der Waals surface area contributed by atoms with Crippen molar-refractivity contribution < 1.29 is 4.39 Å². The molecule has 0 atom stereocenters. The summed E-state index contributed by atoms with van der Waals surface area (Å²) in [6.45, 7) is 4.64. The monoisotopic (exact) mass is 500 g/mol. The number of nitriles is 1. The second-order valence-electron chi connectivity index (χ2n) is 10.2. The molecule has 1 aromatic carbocycles. The summed E-state index contributed by atoms with van der Waals surface area (Å²) in [5, 5.41) is 12.7. The Morgan fingerprint density at radius 2 is 2.05 bits per heavy atom. The van der Waals surface area contributed by atoms with Crippen LogP contribution in [0.1, 0.15) is 30.4 Å². The zero-order chi connectivity index (χ0) is 26.0. The molecule has 8 nitrogen and oxygen atoms in total. The van der Waals surface area contributed by atoms with E-state index in [1.54, 1.807) is 19.5 Å². The molecular weight excluding hydrogens is 467 g/mol. The van der Waals surface area contributed by atoms with Crippen molar-refractivity contribution >= 4 is 17.9 Å². The maximum absolute atomic E-state index is 14.7. The van der Waals surface area contributed by atoms with Crippen LogP contribution in [0.25, 0.3) is 16.8 Å². The van der Waals surface area contributed by atoms with E-state index >= 15 is 0 Å². The molecule has 1 N–H and O–H groups in total. The summed E-state index contributed by atoms with van der Waals surface area (Å²) in [5.74, 6) is 1.14. The van der Waals surface area contributed by atoms with E-state index in [0.29, 0.717) is 29.2 Å². The lowest BCUT2D eigenvalue weighted by Crippen LogP contribution is -2.42. The minimum atomic E-state index is -0.544. The molecule has 1 spiro atoms. The molecule has 3 aliphatic rings. The highest BCUT2D eigenvalue weighted by atomic mass is 19.1. The molecule has 0 amide bonds. The highest BCUT2D eigenvalue weighted by Crippen LogP contribution is 2.38. The first-order valence-corrected chi connectivity index (χ1v) is 12.7. The number of benzene rings is 1. The molecule has 192 valence electrons.